The van der Waals surface area contributed by atoms with E-state index in [1.165, 1.54) is 202 Å². The maximum atomic E-state index is 4.42. The zero-order valence-corrected chi connectivity index (χ0v) is 63.5. The van der Waals surface area contributed by atoms with Gasteiger partial charge in [0.25, 0.3) is 0 Å². The zero-order valence-electron chi connectivity index (χ0n) is 63.5. The Morgan fingerprint density at radius 3 is 0.888 bits per heavy atom. The molecule has 0 bridgehead atoms. The van der Waals surface area contributed by atoms with E-state index in [0.29, 0.717) is 0 Å². The number of aromatic nitrogens is 3. The van der Waals surface area contributed by atoms with Crippen molar-refractivity contribution in [1.29, 1.82) is 0 Å². The van der Waals surface area contributed by atoms with Gasteiger partial charge < -0.3 is 0 Å². The third-order valence-corrected chi connectivity index (χ3v) is 23.4. The van der Waals surface area contributed by atoms with E-state index in [1.807, 2.05) is 55.4 Å². The lowest BCUT2D eigenvalue weighted by atomic mass is 9.83. The fraction of sp³-hybridized carbons (Fsp3) is 0. The van der Waals surface area contributed by atoms with Crippen LogP contribution in [0.4, 0.5) is 0 Å². The van der Waals surface area contributed by atoms with Crippen LogP contribution in [0.25, 0.3) is 219 Å². The van der Waals surface area contributed by atoms with Crippen LogP contribution in [0.15, 0.2) is 444 Å². The summed E-state index contributed by atoms with van der Waals surface area (Å²) in [5, 5.41) is 27.7. The number of fused-ring (bicyclic) bond motifs is 11. The van der Waals surface area contributed by atoms with Crippen LogP contribution in [0, 0.1) is 0 Å². The van der Waals surface area contributed by atoms with Gasteiger partial charge in [-0.1, -0.05) is 358 Å². The van der Waals surface area contributed by atoms with Gasteiger partial charge >= 0.3 is 0 Å². The predicted molar refractivity (Wildman–Crippen MR) is 494 cm³/mol. The highest BCUT2D eigenvalue weighted by atomic mass is 14.6. The highest BCUT2D eigenvalue weighted by Gasteiger charge is 2.23. The first-order valence-electron chi connectivity index (χ1n) is 39.7. The fourth-order valence-corrected chi connectivity index (χ4v) is 18.2. The summed E-state index contributed by atoms with van der Waals surface area (Å²) in [6, 6.07) is 147. The molecular weight excluding hydrogens is 1400 g/mol. The highest BCUT2D eigenvalue weighted by Crippen LogP contribution is 2.51. The van der Waals surface area contributed by atoms with Crippen molar-refractivity contribution in [3.8, 4) is 100 Å². The molecule has 3 aromatic heterocycles. The normalized spacial score (nSPS) is 11.4. The molecule has 0 unspecified atom stereocenters. The molecule has 0 aliphatic carbocycles. The Bertz CT molecular complexity index is 7570. The van der Waals surface area contributed by atoms with E-state index >= 15 is 0 Å². The lowest BCUT2D eigenvalue weighted by Gasteiger charge is -2.20. The summed E-state index contributed by atoms with van der Waals surface area (Å²) in [6.07, 6.45) is 11.3. The summed E-state index contributed by atoms with van der Waals surface area (Å²) in [7, 11) is 0. The Morgan fingerprint density at radius 2 is 0.414 bits per heavy atom. The smallest absolute Gasteiger partial charge is 0.0346 e. The molecule has 3 heteroatoms. The first-order valence-corrected chi connectivity index (χ1v) is 39.7. The average molecular weight is 1470 g/mol. The molecule has 23 aromatic rings. The molecule has 0 saturated carbocycles. The standard InChI is InChI=1S/2C39H25N.C35H23N/c1-2-12-32-26(9-1)10-7-17-33(32)39-36-15-5-3-13-34(36)38(35-14-4-6-16-37(35)39)30-21-20-27-23-29(19-18-28(27)24-30)31-11-8-22-40-25-31;1-2-11-27-24-28(20-19-26(27)10-1)38-33-15-5-7-17-35(33)39(36-18-8-6-16-34(36)38)37-22-21-30(29-12-9-23-40-25-29)31-13-3-4-14-32(31)37;1-2-11-24(12-3-1)34-29-16-6-8-18-31(29)35(32-19-9-7-17-30(32)34)27-21-25-13-4-5-15-28(25)33(22-27)26-14-10-20-36-23-26/h2*1-25H;1-23H. The number of nitrogens with zero attached hydrogens (tertiary/aromatic N) is 3. The summed E-state index contributed by atoms with van der Waals surface area (Å²) < 4.78 is 0. The molecule has 20 aromatic carbocycles. The molecule has 116 heavy (non-hydrogen) atoms. The van der Waals surface area contributed by atoms with Crippen LogP contribution in [0.1, 0.15) is 0 Å². The molecule has 0 spiro atoms. The summed E-state index contributed by atoms with van der Waals surface area (Å²) >= 11 is 0. The van der Waals surface area contributed by atoms with Crippen LogP contribution in [-0.4, -0.2) is 15.0 Å². The van der Waals surface area contributed by atoms with E-state index in [1.54, 1.807) is 0 Å². The predicted octanol–water partition coefficient (Wildman–Crippen LogP) is 30.9. The van der Waals surface area contributed by atoms with Gasteiger partial charge in [-0.3, -0.25) is 15.0 Å². The highest BCUT2D eigenvalue weighted by molar-refractivity contribution is 6.27. The van der Waals surface area contributed by atoms with Crippen molar-refractivity contribution in [2.45, 2.75) is 0 Å². The molecule has 0 amide bonds. The number of hydrogen-bond acceptors (Lipinski definition) is 3. The number of hydrogen-bond donors (Lipinski definition) is 0. The SMILES string of the molecule is c1ccc(-c2c3ccccc3c(-c3cc(-c4cccnc4)c4ccccc4c3)c3ccccc23)cc1.c1cncc(-c2ccc(-c3c4ccccc4c(-c4ccc5ccccc5c4)c4ccccc34)c3ccccc23)c1.c1cncc(-c2ccc3cc(-c4c5ccccc5c(-c5cccc6ccccc56)c5ccccc45)ccc3c2)c1. The third kappa shape index (κ3) is 12.3. The molecule has 23 rings (SSSR count). The molecule has 0 radical (unpaired) electrons. The van der Waals surface area contributed by atoms with Gasteiger partial charge in [0.2, 0.25) is 0 Å². The second-order valence-electron chi connectivity index (χ2n) is 29.9. The summed E-state index contributed by atoms with van der Waals surface area (Å²) in [4.78, 5) is 13.1. The molecule has 0 aliphatic rings. The van der Waals surface area contributed by atoms with E-state index < -0.39 is 0 Å². The van der Waals surface area contributed by atoms with E-state index in [2.05, 4.69) is 403 Å². The molecule has 3 heterocycles. The minimum absolute atomic E-state index is 1.13. The summed E-state index contributed by atoms with van der Waals surface area (Å²) in [5.74, 6) is 0. The Hall–Kier alpha value is -15.3. The van der Waals surface area contributed by atoms with Crippen LogP contribution >= 0.6 is 0 Å². The van der Waals surface area contributed by atoms with Crippen LogP contribution in [0.3, 0.4) is 0 Å². The Labute approximate surface area is 672 Å². The Kier molecular flexibility index (Phi) is 17.6. The van der Waals surface area contributed by atoms with Crippen molar-refractivity contribution in [2.75, 3.05) is 0 Å². The molecule has 0 atom stereocenters. The molecule has 0 fully saturated rings. The Morgan fingerprint density at radius 1 is 0.121 bits per heavy atom. The summed E-state index contributed by atoms with van der Waals surface area (Å²) in [6.45, 7) is 0. The van der Waals surface area contributed by atoms with Crippen molar-refractivity contribution in [3.63, 3.8) is 0 Å². The topological polar surface area (TPSA) is 38.7 Å². The Balaban J connectivity index is 0.000000109. The quantitative estimate of drug-likeness (QED) is 0.135. The van der Waals surface area contributed by atoms with Crippen molar-refractivity contribution < 1.29 is 0 Å². The minimum Gasteiger partial charge on any atom is -0.264 e. The lowest BCUT2D eigenvalue weighted by Crippen LogP contribution is -1.92. The van der Waals surface area contributed by atoms with Crippen molar-refractivity contribution in [2.24, 2.45) is 0 Å². The van der Waals surface area contributed by atoms with Gasteiger partial charge in [-0.2, -0.15) is 0 Å². The zero-order chi connectivity index (χ0) is 76.8. The van der Waals surface area contributed by atoms with Gasteiger partial charge in [0.15, 0.2) is 0 Å². The van der Waals surface area contributed by atoms with E-state index in [0.717, 1.165) is 16.7 Å². The minimum atomic E-state index is 1.13. The van der Waals surface area contributed by atoms with Crippen molar-refractivity contribution >= 4 is 118 Å². The monoisotopic (exact) mass is 1470 g/mol. The van der Waals surface area contributed by atoms with Crippen LogP contribution in [-0.2, 0) is 0 Å². The maximum absolute atomic E-state index is 4.42. The number of rotatable bonds is 9. The first-order chi connectivity index (χ1) is 57.6. The lowest BCUT2D eigenvalue weighted by molar-refractivity contribution is 1.33. The molecular formula is C113H73N3. The van der Waals surface area contributed by atoms with Crippen molar-refractivity contribution in [1.82, 2.24) is 15.0 Å². The van der Waals surface area contributed by atoms with Gasteiger partial charge in [0.1, 0.15) is 0 Å². The van der Waals surface area contributed by atoms with E-state index in [9.17, 15) is 0 Å². The van der Waals surface area contributed by atoms with Crippen LogP contribution in [0.2, 0.25) is 0 Å². The fourth-order valence-electron chi connectivity index (χ4n) is 18.2. The summed E-state index contributed by atoms with van der Waals surface area (Å²) in [5.41, 5.74) is 22.2. The number of benzene rings is 20. The molecule has 0 aliphatic heterocycles. The van der Waals surface area contributed by atoms with Crippen LogP contribution in [0.5, 0.6) is 0 Å². The molecule has 0 saturated heterocycles. The van der Waals surface area contributed by atoms with Crippen LogP contribution < -0.4 is 0 Å². The van der Waals surface area contributed by atoms with E-state index in [-0.39, 0.29) is 0 Å². The van der Waals surface area contributed by atoms with E-state index in [4.69, 9.17) is 0 Å². The van der Waals surface area contributed by atoms with Crippen molar-refractivity contribution in [3.05, 3.63) is 444 Å². The van der Waals surface area contributed by atoms with Gasteiger partial charge in [-0.25, -0.2) is 0 Å². The molecule has 540 valence electrons. The number of pyridine rings is 3. The first kappa shape index (κ1) is 68.7. The van der Waals surface area contributed by atoms with Gasteiger partial charge in [-0.05, 0) is 250 Å². The second kappa shape index (κ2) is 29.8. The van der Waals surface area contributed by atoms with Gasteiger partial charge in [0, 0.05) is 53.9 Å². The average Bonchev–Trinajstić information content (AvgIpc) is 0.734. The molecule has 0 N–H and O–H groups in total. The van der Waals surface area contributed by atoms with Gasteiger partial charge in [-0.15, -0.1) is 0 Å². The molecule has 3 nitrogen and oxygen atoms in total. The maximum Gasteiger partial charge on any atom is 0.0346 e. The largest absolute Gasteiger partial charge is 0.264 e. The van der Waals surface area contributed by atoms with Gasteiger partial charge in [0.05, 0.1) is 0 Å². The second-order valence-corrected chi connectivity index (χ2v) is 29.9. The third-order valence-electron chi connectivity index (χ3n) is 23.4.